The predicted molar refractivity (Wildman–Crippen MR) is 56.4 cm³/mol. The van der Waals surface area contributed by atoms with Gasteiger partial charge in [-0.1, -0.05) is 0 Å². The molecule has 0 saturated heterocycles. The maximum Gasteiger partial charge on any atom is 0.431 e. The van der Waals surface area contributed by atoms with E-state index in [4.69, 9.17) is 0 Å². The first kappa shape index (κ1) is 14.7. The topological polar surface area (TPSA) is 88.3 Å². The Morgan fingerprint density at radius 1 is 1.37 bits per heavy atom. The number of amides is 1. The molecule has 0 radical (unpaired) electrons. The average molecular weight is 278 g/mol. The highest BCUT2D eigenvalue weighted by Crippen LogP contribution is 2.26. The Kier molecular flexibility index (Phi) is 4.30. The Morgan fingerprint density at radius 3 is 2.47 bits per heavy atom. The minimum atomic E-state index is -4.71. The van der Waals surface area contributed by atoms with E-state index in [2.05, 4.69) is 4.74 Å². The summed E-state index contributed by atoms with van der Waals surface area (Å²) >= 11 is 0. The number of pyridine rings is 1. The molecule has 1 aromatic rings. The summed E-state index contributed by atoms with van der Waals surface area (Å²) in [5.41, 5.74) is -2.99. The fourth-order valence-corrected chi connectivity index (χ4v) is 1.14. The highest BCUT2D eigenvalue weighted by molar-refractivity contribution is 5.95. The second-order valence-electron chi connectivity index (χ2n) is 3.37. The molecule has 0 aliphatic heterocycles. The van der Waals surface area contributed by atoms with E-state index in [1.165, 1.54) is 0 Å². The van der Waals surface area contributed by atoms with Gasteiger partial charge in [-0.2, -0.15) is 13.2 Å². The molecule has 104 valence electrons. The number of esters is 1. The Balaban J connectivity index is 2.88. The zero-order valence-electron chi connectivity index (χ0n) is 9.63. The smallest absolute Gasteiger partial charge is 0.431 e. The number of alkyl halides is 3. The number of hydrogen-bond acceptors (Lipinski definition) is 4. The highest BCUT2D eigenvalue weighted by atomic mass is 19.4. The van der Waals surface area contributed by atoms with Gasteiger partial charge in [-0.15, -0.1) is 0 Å². The fourth-order valence-electron chi connectivity index (χ4n) is 1.14. The lowest BCUT2D eigenvalue weighted by atomic mass is 10.2. The molecule has 1 heterocycles. The number of halogens is 3. The molecule has 0 aliphatic carbocycles. The van der Waals surface area contributed by atoms with Gasteiger partial charge in [0.15, 0.2) is 0 Å². The Labute approximate surface area is 104 Å². The van der Waals surface area contributed by atoms with Crippen molar-refractivity contribution in [3.63, 3.8) is 0 Å². The number of aromatic amines is 1. The van der Waals surface area contributed by atoms with Gasteiger partial charge >= 0.3 is 12.1 Å². The predicted octanol–water partition coefficient (Wildman–Crippen LogP) is 0.296. The number of carbonyl (C=O) groups is 2. The van der Waals surface area contributed by atoms with Crippen molar-refractivity contribution in [2.45, 2.75) is 6.18 Å². The molecule has 9 heteroatoms. The summed E-state index contributed by atoms with van der Waals surface area (Å²) < 4.78 is 41.0. The van der Waals surface area contributed by atoms with Crippen LogP contribution in [0.4, 0.5) is 13.2 Å². The van der Waals surface area contributed by atoms with Crippen LogP contribution >= 0.6 is 0 Å². The fraction of sp³-hybridized carbons (Fsp3) is 0.300. The molecule has 1 rings (SSSR count). The van der Waals surface area contributed by atoms with Crippen molar-refractivity contribution in [2.75, 3.05) is 13.7 Å². The van der Waals surface area contributed by atoms with Crippen molar-refractivity contribution in [2.24, 2.45) is 0 Å². The lowest BCUT2D eigenvalue weighted by Gasteiger charge is -2.07. The molecule has 0 fully saturated rings. The zero-order chi connectivity index (χ0) is 14.6. The van der Waals surface area contributed by atoms with Gasteiger partial charge in [-0.05, 0) is 12.1 Å². The quantitative estimate of drug-likeness (QED) is 0.778. The van der Waals surface area contributed by atoms with Crippen molar-refractivity contribution in [3.8, 4) is 0 Å². The molecule has 1 amide bonds. The minimum Gasteiger partial charge on any atom is -0.468 e. The van der Waals surface area contributed by atoms with Gasteiger partial charge in [0.05, 0.1) is 7.11 Å². The van der Waals surface area contributed by atoms with Gasteiger partial charge < -0.3 is 15.0 Å². The molecule has 19 heavy (non-hydrogen) atoms. The number of hydrogen-bond donors (Lipinski definition) is 2. The van der Waals surface area contributed by atoms with Crippen LogP contribution in [0.1, 0.15) is 16.1 Å². The Hall–Kier alpha value is -2.32. The number of H-pyrrole nitrogens is 1. The SMILES string of the molecule is COC(=O)CNC(=O)c1ccc(C(F)(F)F)[nH]c1=O. The molecule has 0 spiro atoms. The molecule has 2 N–H and O–H groups in total. The number of aromatic nitrogens is 1. The summed E-state index contributed by atoms with van der Waals surface area (Å²) in [5.74, 6) is -1.72. The third-order valence-electron chi connectivity index (χ3n) is 2.08. The number of rotatable bonds is 3. The van der Waals surface area contributed by atoms with E-state index in [1.807, 2.05) is 5.32 Å². The zero-order valence-corrected chi connectivity index (χ0v) is 9.63. The molecule has 0 bridgehead atoms. The normalized spacial score (nSPS) is 10.9. The maximum absolute atomic E-state index is 12.3. The van der Waals surface area contributed by atoms with Crippen LogP contribution in [0.2, 0.25) is 0 Å². The molecule has 0 atom stereocenters. The lowest BCUT2D eigenvalue weighted by molar-refractivity contribution is -0.141. The molecule has 0 saturated carbocycles. The van der Waals surface area contributed by atoms with Crippen LogP contribution in [-0.2, 0) is 15.7 Å². The number of methoxy groups -OCH3 is 1. The van der Waals surface area contributed by atoms with Crippen LogP contribution in [0, 0.1) is 0 Å². The number of carbonyl (C=O) groups excluding carboxylic acids is 2. The van der Waals surface area contributed by atoms with Gasteiger partial charge in [0.1, 0.15) is 17.8 Å². The van der Waals surface area contributed by atoms with Gasteiger partial charge in [-0.3, -0.25) is 14.4 Å². The summed E-state index contributed by atoms with van der Waals surface area (Å²) in [6.45, 7) is -0.490. The summed E-state index contributed by atoms with van der Waals surface area (Å²) in [7, 11) is 1.10. The van der Waals surface area contributed by atoms with E-state index in [1.54, 1.807) is 4.98 Å². The molecule has 6 nitrogen and oxygen atoms in total. The summed E-state index contributed by atoms with van der Waals surface area (Å²) in [4.78, 5) is 35.0. The maximum atomic E-state index is 12.3. The van der Waals surface area contributed by atoms with Crippen LogP contribution in [0.15, 0.2) is 16.9 Å². The third kappa shape index (κ3) is 3.83. The molecule has 0 aliphatic rings. The number of nitrogens with one attached hydrogen (secondary N) is 2. The van der Waals surface area contributed by atoms with Crippen LogP contribution < -0.4 is 10.9 Å². The van der Waals surface area contributed by atoms with Gasteiger partial charge in [0, 0.05) is 0 Å². The first-order valence-electron chi connectivity index (χ1n) is 4.91. The van der Waals surface area contributed by atoms with Crippen LogP contribution in [-0.4, -0.2) is 30.5 Å². The minimum absolute atomic E-state index is 0.490. The Bertz CT molecular complexity index is 550. The van der Waals surface area contributed by atoms with E-state index in [0.29, 0.717) is 6.07 Å². The van der Waals surface area contributed by atoms with Gasteiger partial charge in [0.2, 0.25) is 0 Å². The van der Waals surface area contributed by atoms with Crippen LogP contribution in [0.25, 0.3) is 0 Å². The second kappa shape index (κ2) is 5.55. The number of ether oxygens (including phenoxy) is 1. The molecule has 1 aromatic heterocycles. The highest BCUT2D eigenvalue weighted by Gasteiger charge is 2.32. The van der Waals surface area contributed by atoms with Crippen LogP contribution in [0.5, 0.6) is 0 Å². The molecular formula is C10H9F3N2O4. The summed E-state index contributed by atoms with van der Waals surface area (Å²) in [5, 5.41) is 2.03. The van der Waals surface area contributed by atoms with Crippen molar-refractivity contribution >= 4 is 11.9 Å². The standard InChI is InChI=1S/C10H9F3N2O4/c1-19-7(16)4-14-8(17)5-2-3-6(10(11,12)13)15-9(5)18/h2-3H,4H2,1H3,(H,14,17)(H,15,18). The Morgan fingerprint density at radius 2 is 2.00 bits per heavy atom. The monoisotopic (exact) mass is 278 g/mol. The molecule has 0 aromatic carbocycles. The molecular weight excluding hydrogens is 269 g/mol. The first-order valence-corrected chi connectivity index (χ1v) is 4.91. The van der Waals surface area contributed by atoms with Gasteiger partial charge in [0.25, 0.3) is 11.5 Å². The largest absolute Gasteiger partial charge is 0.468 e. The van der Waals surface area contributed by atoms with E-state index in [-0.39, 0.29) is 0 Å². The van der Waals surface area contributed by atoms with E-state index < -0.39 is 41.4 Å². The third-order valence-corrected chi connectivity index (χ3v) is 2.08. The van der Waals surface area contributed by atoms with E-state index in [9.17, 15) is 27.6 Å². The average Bonchev–Trinajstić information content (AvgIpc) is 2.34. The van der Waals surface area contributed by atoms with E-state index in [0.717, 1.165) is 13.2 Å². The molecule has 0 unspecified atom stereocenters. The first-order chi connectivity index (χ1) is 8.75. The van der Waals surface area contributed by atoms with Crippen molar-refractivity contribution in [3.05, 3.63) is 33.7 Å². The van der Waals surface area contributed by atoms with Crippen molar-refractivity contribution in [1.82, 2.24) is 10.3 Å². The van der Waals surface area contributed by atoms with Crippen molar-refractivity contribution < 1.29 is 27.5 Å². The second-order valence-corrected chi connectivity index (χ2v) is 3.37. The van der Waals surface area contributed by atoms with Crippen molar-refractivity contribution in [1.29, 1.82) is 0 Å². The van der Waals surface area contributed by atoms with E-state index >= 15 is 0 Å². The summed E-state index contributed by atoms with van der Waals surface area (Å²) in [6.07, 6.45) is -4.71. The lowest BCUT2D eigenvalue weighted by Crippen LogP contribution is -2.34. The van der Waals surface area contributed by atoms with Crippen LogP contribution in [0.3, 0.4) is 0 Å². The van der Waals surface area contributed by atoms with Gasteiger partial charge in [-0.25, -0.2) is 0 Å². The summed E-state index contributed by atoms with van der Waals surface area (Å²) in [6, 6.07) is 1.29.